The Hall–Kier alpha value is -2.35. The molecule has 6 nitrogen and oxygen atoms in total. The maximum atomic E-state index is 13.4. The monoisotopic (exact) mass is 464 g/mol. The number of aryl methyl sites for hydroxylation is 2. The van der Waals surface area contributed by atoms with Crippen molar-refractivity contribution >= 4 is 33.3 Å². The maximum absolute atomic E-state index is 13.4. The predicted octanol–water partition coefficient (Wildman–Crippen LogP) is 4.80. The van der Waals surface area contributed by atoms with Gasteiger partial charge in [-0.25, -0.2) is 0 Å². The normalized spacial score (nSPS) is 14.0. The van der Waals surface area contributed by atoms with Crippen LogP contribution in [0.4, 0.5) is 0 Å². The summed E-state index contributed by atoms with van der Waals surface area (Å²) in [5.41, 5.74) is 1.12. The number of nitrogens with zero attached hydrogens (tertiary/aromatic N) is 2. The Labute approximate surface area is 184 Å². The minimum Gasteiger partial charge on any atom is -0.358 e. The van der Waals surface area contributed by atoms with Gasteiger partial charge in [0.15, 0.2) is 0 Å². The number of rotatable bonds is 5. The van der Waals surface area contributed by atoms with Crippen LogP contribution < -0.4 is 9.74 Å². The summed E-state index contributed by atoms with van der Waals surface area (Å²) in [6, 6.07) is 11.2. The van der Waals surface area contributed by atoms with Gasteiger partial charge in [0.25, 0.3) is 5.56 Å². The molecule has 0 N–H and O–H groups in total. The van der Waals surface area contributed by atoms with Crippen LogP contribution in [0.25, 0.3) is 5.69 Å². The van der Waals surface area contributed by atoms with Gasteiger partial charge in [0.1, 0.15) is 10.7 Å². The largest absolute Gasteiger partial charge is 0.358 e. The van der Waals surface area contributed by atoms with E-state index in [1.165, 1.54) is 16.7 Å². The number of halogens is 2. The topological polar surface area (TPSA) is 78.3 Å². The first-order valence-corrected chi connectivity index (χ1v) is 11.4. The molecule has 4 rings (SSSR count). The van der Waals surface area contributed by atoms with Crippen LogP contribution in [0.2, 0.25) is 10.0 Å². The van der Waals surface area contributed by atoms with Gasteiger partial charge in [0.05, 0.1) is 21.3 Å². The van der Waals surface area contributed by atoms with Crippen molar-refractivity contribution in [2.75, 3.05) is 0 Å². The molecule has 1 saturated carbocycles. The summed E-state index contributed by atoms with van der Waals surface area (Å²) in [7, 11) is -4.14. The second-order valence-electron chi connectivity index (χ2n) is 7.22. The summed E-state index contributed by atoms with van der Waals surface area (Å²) >= 11 is 12.4. The quantitative estimate of drug-likeness (QED) is 0.506. The average Bonchev–Trinajstić information content (AvgIpc) is 3.50. The summed E-state index contributed by atoms with van der Waals surface area (Å²) in [5.74, 6) is -0.0596. The zero-order valence-electron chi connectivity index (χ0n) is 16.2. The van der Waals surface area contributed by atoms with Crippen LogP contribution in [0.15, 0.2) is 52.2 Å². The highest BCUT2D eigenvalue weighted by atomic mass is 35.5. The van der Waals surface area contributed by atoms with Gasteiger partial charge in [-0.1, -0.05) is 47.0 Å². The fraction of sp³-hybridized carbons (Fsp3) is 0.238. The first-order valence-electron chi connectivity index (χ1n) is 9.28. The third-order valence-electron chi connectivity index (χ3n) is 4.91. The molecule has 1 fully saturated rings. The highest BCUT2D eigenvalue weighted by Gasteiger charge is 2.34. The van der Waals surface area contributed by atoms with Crippen molar-refractivity contribution in [1.82, 2.24) is 9.55 Å². The molecule has 1 aromatic heterocycles. The van der Waals surface area contributed by atoms with Gasteiger partial charge < -0.3 is 4.18 Å². The van der Waals surface area contributed by atoms with E-state index >= 15 is 0 Å². The standard InChI is InChI=1S/C21H18Cl2N2O4S/c1-12-6-10-15(11-7-12)30(27,28)29-20-18(14-8-9-14)21(26)25(13(2)24-20)17-5-3-4-16(22)19(17)23/h3-7,10-11,14H,8-9H2,1-2H3. The Morgan fingerprint density at radius 3 is 2.37 bits per heavy atom. The second-order valence-corrected chi connectivity index (χ2v) is 9.55. The molecular formula is C21H18Cl2N2O4S. The smallest absolute Gasteiger partial charge is 0.340 e. The summed E-state index contributed by atoms with van der Waals surface area (Å²) in [6.45, 7) is 3.44. The number of benzene rings is 2. The lowest BCUT2D eigenvalue weighted by molar-refractivity contribution is 0.468. The van der Waals surface area contributed by atoms with Crippen molar-refractivity contribution in [3.8, 4) is 11.6 Å². The molecule has 1 aliphatic carbocycles. The zero-order chi connectivity index (χ0) is 21.6. The highest BCUT2D eigenvalue weighted by Crippen LogP contribution is 2.43. The van der Waals surface area contributed by atoms with Gasteiger partial charge >= 0.3 is 10.1 Å². The van der Waals surface area contributed by atoms with Gasteiger partial charge in [-0.15, -0.1) is 0 Å². The van der Waals surface area contributed by atoms with Crippen molar-refractivity contribution in [3.63, 3.8) is 0 Å². The summed E-state index contributed by atoms with van der Waals surface area (Å²) in [4.78, 5) is 17.7. The third kappa shape index (κ3) is 3.85. The molecule has 156 valence electrons. The van der Waals surface area contributed by atoms with Crippen LogP contribution in [0.1, 0.15) is 35.7 Å². The Kier molecular flexibility index (Phi) is 5.38. The van der Waals surface area contributed by atoms with Crippen LogP contribution >= 0.6 is 23.2 Å². The average molecular weight is 465 g/mol. The van der Waals surface area contributed by atoms with E-state index in [2.05, 4.69) is 4.98 Å². The van der Waals surface area contributed by atoms with Crippen molar-refractivity contribution in [1.29, 1.82) is 0 Å². The van der Waals surface area contributed by atoms with Crippen molar-refractivity contribution in [2.24, 2.45) is 0 Å². The lowest BCUT2D eigenvalue weighted by Crippen LogP contribution is -2.27. The molecule has 30 heavy (non-hydrogen) atoms. The van der Waals surface area contributed by atoms with Crippen molar-refractivity contribution in [2.45, 2.75) is 37.5 Å². The molecule has 2 aromatic carbocycles. The summed E-state index contributed by atoms with van der Waals surface area (Å²) < 4.78 is 32.2. The van der Waals surface area contributed by atoms with E-state index in [-0.39, 0.29) is 33.1 Å². The molecule has 0 unspecified atom stereocenters. The fourth-order valence-corrected chi connectivity index (χ4v) is 4.49. The van der Waals surface area contributed by atoms with E-state index in [0.29, 0.717) is 10.7 Å². The van der Waals surface area contributed by atoms with E-state index in [0.717, 1.165) is 18.4 Å². The van der Waals surface area contributed by atoms with Gasteiger partial charge in [-0.05, 0) is 56.9 Å². The first-order chi connectivity index (χ1) is 14.2. The van der Waals surface area contributed by atoms with E-state index in [1.807, 2.05) is 6.92 Å². The van der Waals surface area contributed by atoms with Crippen molar-refractivity contribution < 1.29 is 12.6 Å². The Balaban J connectivity index is 1.85. The maximum Gasteiger partial charge on any atom is 0.340 e. The molecule has 0 saturated heterocycles. The molecule has 0 aliphatic heterocycles. The van der Waals surface area contributed by atoms with Crippen LogP contribution in [-0.4, -0.2) is 18.0 Å². The van der Waals surface area contributed by atoms with E-state index in [9.17, 15) is 13.2 Å². The molecule has 1 aliphatic rings. The third-order valence-corrected chi connectivity index (χ3v) is 6.94. The Bertz CT molecular complexity index is 1300. The molecular weight excluding hydrogens is 447 g/mol. The lowest BCUT2D eigenvalue weighted by atomic mass is 10.2. The number of aromatic nitrogens is 2. The lowest BCUT2D eigenvalue weighted by Gasteiger charge is -2.16. The number of hydrogen-bond acceptors (Lipinski definition) is 5. The molecule has 0 bridgehead atoms. The molecule has 0 radical (unpaired) electrons. The minimum atomic E-state index is -4.14. The Morgan fingerprint density at radius 1 is 1.07 bits per heavy atom. The molecule has 0 atom stereocenters. The van der Waals surface area contributed by atoms with Gasteiger partial charge in [0.2, 0.25) is 5.88 Å². The van der Waals surface area contributed by atoms with Gasteiger partial charge in [0, 0.05) is 0 Å². The molecule has 1 heterocycles. The molecule has 0 amide bonds. The van der Waals surface area contributed by atoms with Crippen LogP contribution in [0.5, 0.6) is 5.88 Å². The Morgan fingerprint density at radius 2 is 1.73 bits per heavy atom. The number of hydrogen-bond donors (Lipinski definition) is 0. The highest BCUT2D eigenvalue weighted by molar-refractivity contribution is 7.87. The zero-order valence-corrected chi connectivity index (χ0v) is 18.6. The van der Waals surface area contributed by atoms with Crippen molar-refractivity contribution in [3.05, 3.63) is 79.8 Å². The summed E-state index contributed by atoms with van der Waals surface area (Å²) in [6.07, 6.45) is 1.51. The van der Waals surface area contributed by atoms with Crippen LogP contribution in [0, 0.1) is 13.8 Å². The summed E-state index contributed by atoms with van der Waals surface area (Å²) in [5, 5.41) is 0.518. The van der Waals surface area contributed by atoms with Crippen LogP contribution in [-0.2, 0) is 10.1 Å². The van der Waals surface area contributed by atoms with E-state index < -0.39 is 15.7 Å². The van der Waals surface area contributed by atoms with E-state index in [4.69, 9.17) is 27.4 Å². The van der Waals surface area contributed by atoms with Crippen LogP contribution in [0.3, 0.4) is 0 Å². The molecule has 0 spiro atoms. The van der Waals surface area contributed by atoms with Gasteiger partial charge in [-0.3, -0.25) is 9.36 Å². The molecule has 3 aromatic rings. The molecule has 9 heteroatoms. The SMILES string of the molecule is Cc1ccc(S(=O)(=O)Oc2nc(C)n(-c3cccc(Cl)c3Cl)c(=O)c2C2CC2)cc1. The van der Waals surface area contributed by atoms with E-state index in [1.54, 1.807) is 37.3 Å². The minimum absolute atomic E-state index is 0.00337. The fourth-order valence-electron chi connectivity index (χ4n) is 3.21. The second kappa shape index (κ2) is 7.72. The van der Waals surface area contributed by atoms with Gasteiger partial charge in [-0.2, -0.15) is 13.4 Å². The predicted molar refractivity (Wildman–Crippen MR) is 116 cm³/mol. The first kappa shape index (κ1) is 20.9.